The van der Waals surface area contributed by atoms with E-state index in [4.69, 9.17) is 21.6 Å². The quantitative estimate of drug-likeness (QED) is 0.410. The number of pyridine rings is 1. The van der Waals surface area contributed by atoms with E-state index in [0.29, 0.717) is 43.9 Å². The average Bonchev–Trinajstić information content (AvgIpc) is 3.39. The Hall–Kier alpha value is -2.91. The number of nitrogens with zero attached hydrogens (tertiary/aromatic N) is 4. The average molecular weight is 481 g/mol. The molecule has 170 valence electrons. The van der Waals surface area contributed by atoms with Crippen LogP contribution in [0.15, 0.2) is 56.9 Å². The molecule has 2 aliphatic rings. The van der Waals surface area contributed by atoms with Crippen LogP contribution in [0, 0.1) is 11.8 Å². The predicted octanol–water partition coefficient (Wildman–Crippen LogP) is 4.17. The number of carbonyl (C=O) groups is 1. The van der Waals surface area contributed by atoms with Gasteiger partial charge in [0.25, 0.3) is 11.5 Å². The van der Waals surface area contributed by atoms with Gasteiger partial charge in [-0.3, -0.25) is 18.9 Å². The fourth-order valence-electron chi connectivity index (χ4n) is 4.62. The molecule has 0 spiro atoms. The third kappa shape index (κ3) is 4.22. The molecule has 2 fully saturated rings. The number of fused-ring (bicyclic) bond motifs is 1. The molecular weight excluding hydrogens is 456 g/mol. The van der Waals surface area contributed by atoms with Gasteiger partial charge in [-0.1, -0.05) is 43.9 Å². The van der Waals surface area contributed by atoms with E-state index < -0.39 is 0 Å². The number of furan rings is 1. The summed E-state index contributed by atoms with van der Waals surface area (Å²) in [5.41, 5.74) is 0.808. The molecule has 33 heavy (non-hydrogen) atoms. The lowest BCUT2D eigenvalue weighted by molar-refractivity contribution is -0.122. The second-order valence-corrected chi connectivity index (χ2v) is 10.5. The van der Waals surface area contributed by atoms with Crippen LogP contribution < -0.4 is 10.5 Å². The molecule has 0 radical (unpaired) electrons. The summed E-state index contributed by atoms with van der Waals surface area (Å²) < 4.78 is 7.35. The second kappa shape index (κ2) is 8.79. The van der Waals surface area contributed by atoms with Crippen LogP contribution in [-0.4, -0.2) is 37.6 Å². The SMILES string of the molecule is CC1CC(C)CN(c2nc3ccccn3c(=O)c2/C=C2/SC(=S)N(Cc3ccco3)C2=O)C1. The van der Waals surface area contributed by atoms with Crippen LogP contribution in [-0.2, 0) is 11.3 Å². The Bertz CT molecular complexity index is 1300. The Morgan fingerprint density at radius 1 is 1.18 bits per heavy atom. The first-order valence-corrected chi connectivity index (χ1v) is 12.2. The minimum absolute atomic E-state index is 0.196. The molecule has 2 atom stereocenters. The third-order valence-corrected chi connectivity index (χ3v) is 7.34. The summed E-state index contributed by atoms with van der Waals surface area (Å²) in [6.07, 6.45) is 6.08. The number of carbonyl (C=O) groups excluding carboxylic acids is 1. The molecule has 9 heteroatoms. The van der Waals surface area contributed by atoms with E-state index in [-0.39, 0.29) is 18.0 Å². The first kappa shape index (κ1) is 21.9. The molecule has 2 aliphatic heterocycles. The second-order valence-electron chi connectivity index (χ2n) is 8.78. The summed E-state index contributed by atoms with van der Waals surface area (Å²) >= 11 is 6.66. The normalized spacial score (nSPS) is 22.7. The molecule has 3 aromatic rings. The van der Waals surface area contributed by atoms with Crippen LogP contribution in [0.4, 0.5) is 5.82 Å². The van der Waals surface area contributed by atoms with Gasteiger partial charge in [0.15, 0.2) is 0 Å². The number of piperidine rings is 1. The fourth-order valence-corrected chi connectivity index (χ4v) is 5.86. The maximum Gasteiger partial charge on any atom is 0.267 e. The van der Waals surface area contributed by atoms with Crippen molar-refractivity contribution in [2.45, 2.75) is 26.8 Å². The topological polar surface area (TPSA) is 71.1 Å². The number of thiocarbonyl (C=S) groups is 1. The molecule has 2 unspecified atom stereocenters. The predicted molar refractivity (Wildman–Crippen MR) is 134 cm³/mol. The summed E-state index contributed by atoms with van der Waals surface area (Å²) in [7, 11) is 0. The van der Waals surface area contributed by atoms with Gasteiger partial charge in [0.1, 0.15) is 21.5 Å². The molecule has 2 saturated heterocycles. The Morgan fingerprint density at radius 2 is 1.97 bits per heavy atom. The van der Waals surface area contributed by atoms with Crippen molar-refractivity contribution >= 4 is 51.7 Å². The minimum atomic E-state index is -0.231. The van der Waals surface area contributed by atoms with Crippen LogP contribution in [0.2, 0.25) is 0 Å². The number of rotatable bonds is 4. The van der Waals surface area contributed by atoms with Gasteiger partial charge < -0.3 is 9.32 Å². The van der Waals surface area contributed by atoms with Crippen molar-refractivity contribution in [3.63, 3.8) is 0 Å². The Kier molecular flexibility index (Phi) is 5.84. The molecule has 0 aromatic carbocycles. The van der Waals surface area contributed by atoms with E-state index in [9.17, 15) is 9.59 Å². The monoisotopic (exact) mass is 480 g/mol. The van der Waals surface area contributed by atoms with Gasteiger partial charge in [0, 0.05) is 19.3 Å². The summed E-state index contributed by atoms with van der Waals surface area (Å²) in [5.74, 6) is 2.02. The molecule has 1 amide bonds. The highest BCUT2D eigenvalue weighted by Crippen LogP contribution is 2.35. The van der Waals surface area contributed by atoms with Crippen LogP contribution in [0.1, 0.15) is 31.6 Å². The lowest BCUT2D eigenvalue weighted by atomic mass is 9.91. The number of aromatic nitrogens is 2. The third-order valence-electron chi connectivity index (χ3n) is 5.96. The Balaban J connectivity index is 1.59. The van der Waals surface area contributed by atoms with E-state index in [1.807, 2.05) is 12.1 Å². The van der Waals surface area contributed by atoms with Crippen molar-refractivity contribution in [3.8, 4) is 0 Å². The smallest absolute Gasteiger partial charge is 0.267 e. The molecule has 0 bridgehead atoms. The van der Waals surface area contributed by atoms with Crippen molar-refractivity contribution in [1.29, 1.82) is 0 Å². The van der Waals surface area contributed by atoms with Crippen molar-refractivity contribution in [3.05, 3.63) is 69.4 Å². The van der Waals surface area contributed by atoms with Gasteiger partial charge in [-0.25, -0.2) is 4.98 Å². The zero-order valence-corrected chi connectivity index (χ0v) is 20.1. The van der Waals surface area contributed by atoms with Crippen molar-refractivity contribution in [2.75, 3.05) is 18.0 Å². The van der Waals surface area contributed by atoms with Crippen molar-refractivity contribution in [2.24, 2.45) is 11.8 Å². The van der Waals surface area contributed by atoms with Gasteiger partial charge in [0.05, 0.1) is 23.3 Å². The summed E-state index contributed by atoms with van der Waals surface area (Å²) in [6.45, 7) is 6.34. The molecule has 7 nitrogen and oxygen atoms in total. The van der Waals surface area contributed by atoms with E-state index in [1.165, 1.54) is 21.1 Å². The summed E-state index contributed by atoms with van der Waals surface area (Å²) in [6, 6.07) is 9.07. The van der Waals surface area contributed by atoms with E-state index >= 15 is 0 Å². The molecule has 0 saturated carbocycles. The van der Waals surface area contributed by atoms with Crippen LogP contribution in [0.25, 0.3) is 11.7 Å². The maximum atomic E-state index is 13.5. The van der Waals surface area contributed by atoms with Crippen LogP contribution >= 0.6 is 24.0 Å². The molecule has 5 heterocycles. The summed E-state index contributed by atoms with van der Waals surface area (Å²) in [5, 5.41) is 0. The molecular formula is C24H24N4O3S2. The zero-order chi connectivity index (χ0) is 23.1. The van der Waals surface area contributed by atoms with Crippen LogP contribution in [0.3, 0.4) is 0 Å². The number of anilines is 1. The highest BCUT2D eigenvalue weighted by Gasteiger charge is 2.34. The first-order chi connectivity index (χ1) is 15.9. The Morgan fingerprint density at radius 3 is 2.70 bits per heavy atom. The molecule has 3 aromatic heterocycles. The van der Waals surface area contributed by atoms with Gasteiger partial charge in [-0.2, -0.15) is 0 Å². The highest BCUT2D eigenvalue weighted by molar-refractivity contribution is 8.26. The number of amides is 1. The molecule has 5 rings (SSSR count). The number of hydrogen-bond donors (Lipinski definition) is 0. The standard InChI is InChI=1S/C24H24N4O3S2/c1-15-10-16(2)13-26(12-15)21-18(22(29)27-8-4-3-7-20(27)25-21)11-19-23(30)28(24(32)33-19)14-17-6-5-9-31-17/h3-9,11,15-16H,10,12-14H2,1-2H3/b19-11+. The van der Waals surface area contributed by atoms with E-state index in [1.54, 1.807) is 36.7 Å². The first-order valence-electron chi connectivity index (χ1n) is 10.9. The van der Waals surface area contributed by atoms with Crippen LogP contribution in [0.5, 0.6) is 0 Å². The van der Waals surface area contributed by atoms with Gasteiger partial charge >= 0.3 is 0 Å². The van der Waals surface area contributed by atoms with Crippen molar-refractivity contribution < 1.29 is 9.21 Å². The Labute approximate surface area is 201 Å². The van der Waals surface area contributed by atoms with Gasteiger partial charge in [-0.15, -0.1) is 0 Å². The fraction of sp³-hybridized carbons (Fsp3) is 0.333. The zero-order valence-electron chi connectivity index (χ0n) is 18.4. The lowest BCUT2D eigenvalue weighted by Gasteiger charge is -2.36. The molecule has 0 aliphatic carbocycles. The van der Waals surface area contributed by atoms with E-state index in [2.05, 4.69) is 18.7 Å². The maximum absolute atomic E-state index is 13.5. The van der Waals surface area contributed by atoms with Gasteiger partial charge in [-0.05, 0) is 48.6 Å². The largest absolute Gasteiger partial charge is 0.467 e. The number of thioether (sulfide) groups is 1. The lowest BCUT2D eigenvalue weighted by Crippen LogP contribution is -2.40. The minimum Gasteiger partial charge on any atom is -0.467 e. The number of hydrogen-bond acceptors (Lipinski definition) is 7. The van der Waals surface area contributed by atoms with E-state index in [0.717, 1.165) is 19.5 Å². The summed E-state index contributed by atoms with van der Waals surface area (Å²) in [4.78, 5) is 35.7. The van der Waals surface area contributed by atoms with Gasteiger partial charge in [0.2, 0.25) is 0 Å². The highest BCUT2D eigenvalue weighted by atomic mass is 32.2. The molecule has 0 N–H and O–H groups in total. The van der Waals surface area contributed by atoms with Crippen molar-refractivity contribution in [1.82, 2.24) is 14.3 Å².